The van der Waals surface area contributed by atoms with E-state index in [1.54, 1.807) is 13.8 Å². The van der Waals surface area contributed by atoms with Crippen LogP contribution in [0.2, 0.25) is 0 Å². The molecule has 3 nitrogen and oxygen atoms in total. The minimum Gasteiger partial charge on any atom is -0.322 e. The Bertz CT molecular complexity index is 152. The van der Waals surface area contributed by atoms with Gasteiger partial charge in [0.25, 0.3) is 0 Å². The molecule has 0 rings (SSSR count). The van der Waals surface area contributed by atoms with E-state index in [4.69, 9.17) is 5.73 Å². The summed E-state index contributed by atoms with van der Waals surface area (Å²) >= 11 is 0. The van der Waals surface area contributed by atoms with Crippen molar-refractivity contribution in [1.82, 2.24) is 0 Å². The Morgan fingerprint density at radius 2 is 1.91 bits per heavy atom. The van der Waals surface area contributed by atoms with Gasteiger partial charge in [0.1, 0.15) is 11.6 Å². The van der Waals surface area contributed by atoms with Gasteiger partial charge in [-0.1, -0.05) is 6.92 Å². The van der Waals surface area contributed by atoms with Crippen molar-refractivity contribution in [2.24, 2.45) is 5.73 Å². The first kappa shape index (κ1) is 10.3. The molecule has 0 aliphatic carbocycles. The summed E-state index contributed by atoms with van der Waals surface area (Å²) in [7, 11) is 0. The van der Waals surface area contributed by atoms with Crippen LogP contribution >= 0.6 is 0 Å². The summed E-state index contributed by atoms with van der Waals surface area (Å²) in [5.74, 6) is 0.0887. The number of rotatable bonds is 5. The average Bonchev–Trinajstić information content (AvgIpc) is 1.99. The monoisotopic (exact) mass is 157 g/mol. The van der Waals surface area contributed by atoms with Crippen molar-refractivity contribution in [3.8, 4) is 0 Å². The summed E-state index contributed by atoms with van der Waals surface area (Å²) in [6.07, 6.45) is 1.15. The topological polar surface area (TPSA) is 60.2 Å². The zero-order chi connectivity index (χ0) is 8.85. The third-order valence-corrected chi connectivity index (χ3v) is 1.55. The molecule has 0 aliphatic rings. The maximum atomic E-state index is 10.9. The van der Waals surface area contributed by atoms with Gasteiger partial charge in [-0.2, -0.15) is 0 Å². The lowest BCUT2D eigenvalue weighted by Crippen LogP contribution is -2.26. The summed E-state index contributed by atoms with van der Waals surface area (Å²) in [6, 6.07) is -0.431. The van der Waals surface area contributed by atoms with E-state index >= 15 is 0 Å². The molecule has 0 heterocycles. The molecule has 0 amide bonds. The first-order chi connectivity index (χ1) is 5.07. The Hall–Kier alpha value is -0.700. The second kappa shape index (κ2) is 5.02. The van der Waals surface area contributed by atoms with E-state index in [2.05, 4.69) is 0 Å². The number of nitrogens with two attached hydrogens (primary N) is 1. The van der Waals surface area contributed by atoms with Gasteiger partial charge in [-0.15, -0.1) is 0 Å². The average molecular weight is 157 g/mol. The molecule has 0 aromatic rings. The predicted octanol–water partition coefficient (Wildman–Crippen LogP) is 0.662. The minimum absolute atomic E-state index is 0.0354. The largest absolute Gasteiger partial charge is 0.322 e. The van der Waals surface area contributed by atoms with Gasteiger partial charge in [0.05, 0.1) is 6.04 Å². The second-order valence-electron chi connectivity index (χ2n) is 2.65. The Labute approximate surface area is 67.0 Å². The molecule has 11 heavy (non-hydrogen) atoms. The molecule has 0 aromatic carbocycles. The molecule has 0 fully saturated rings. The summed E-state index contributed by atoms with van der Waals surface area (Å²) in [4.78, 5) is 21.6. The molecule has 0 bridgehead atoms. The molecule has 2 N–H and O–H groups in total. The highest BCUT2D eigenvalue weighted by Gasteiger charge is 2.08. The van der Waals surface area contributed by atoms with E-state index in [1.165, 1.54) is 0 Å². The Morgan fingerprint density at radius 3 is 2.27 bits per heavy atom. The highest BCUT2D eigenvalue weighted by molar-refractivity contribution is 5.88. The van der Waals surface area contributed by atoms with Crippen molar-refractivity contribution in [3.63, 3.8) is 0 Å². The molecule has 0 saturated carbocycles. The fourth-order valence-corrected chi connectivity index (χ4v) is 0.667. The lowest BCUT2D eigenvalue weighted by atomic mass is 10.1. The number of hydrogen-bond donors (Lipinski definition) is 1. The van der Waals surface area contributed by atoms with Crippen LogP contribution in [0.1, 0.15) is 33.1 Å². The normalized spacial score (nSPS) is 12.6. The maximum Gasteiger partial charge on any atom is 0.149 e. The van der Waals surface area contributed by atoms with Crippen molar-refractivity contribution in [2.45, 2.75) is 39.2 Å². The van der Waals surface area contributed by atoms with Crippen LogP contribution in [-0.4, -0.2) is 17.6 Å². The molecule has 0 unspecified atom stereocenters. The fourth-order valence-electron chi connectivity index (χ4n) is 0.667. The van der Waals surface area contributed by atoms with E-state index in [9.17, 15) is 9.59 Å². The Kier molecular flexibility index (Phi) is 4.70. The van der Waals surface area contributed by atoms with Gasteiger partial charge in [0.15, 0.2) is 0 Å². The lowest BCUT2D eigenvalue weighted by Gasteiger charge is -2.01. The molecule has 3 heteroatoms. The fraction of sp³-hybridized carbons (Fsp3) is 0.750. The van der Waals surface area contributed by atoms with Crippen LogP contribution in [-0.2, 0) is 9.59 Å². The standard InChI is InChI=1S/C8H15NO2/c1-3-7(10)4-5-8(11)6(2)9/h6H,3-5,9H2,1-2H3/t6-/m0/s1. The molecule has 0 radical (unpaired) electrons. The van der Waals surface area contributed by atoms with E-state index in [0.717, 1.165) is 0 Å². The van der Waals surface area contributed by atoms with Crippen LogP contribution in [0.25, 0.3) is 0 Å². The highest BCUT2D eigenvalue weighted by Crippen LogP contribution is 1.97. The Balaban J connectivity index is 3.54. The molecule has 1 atom stereocenters. The van der Waals surface area contributed by atoms with Crippen molar-refractivity contribution in [3.05, 3.63) is 0 Å². The minimum atomic E-state index is -0.431. The van der Waals surface area contributed by atoms with Gasteiger partial charge in [0.2, 0.25) is 0 Å². The number of ketones is 2. The van der Waals surface area contributed by atoms with Crippen LogP contribution in [0.4, 0.5) is 0 Å². The number of carbonyl (C=O) groups excluding carboxylic acids is 2. The van der Waals surface area contributed by atoms with E-state index < -0.39 is 6.04 Å². The number of hydrogen-bond acceptors (Lipinski definition) is 3. The van der Waals surface area contributed by atoms with E-state index in [-0.39, 0.29) is 11.6 Å². The molecule has 64 valence electrons. The molecule has 0 aliphatic heterocycles. The molecule has 0 saturated heterocycles. The van der Waals surface area contributed by atoms with Crippen LogP contribution in [0, 0.1) is 0 Å². The summed E-state index contributed by atoms with van der Waals surface area (Å²) < 4.78 is 0. The van der Waals surface area contributed by atoms with Gasteiger partial charge >= 0.3 is 0 Å². The van der Waals surface area contributed by atoms with Crippen molar-refractivity contribution in [1.29, 1.82) is 0 Å². The van der Waals surface area contributed by atoms with Crippen LogP contribution in [0.15, 0.2) is 0 Å². The van der Waals surface area contributed by atoms with Crippen LogP contribution in [0.5, 0.6) is 0 Å². The predicted molar refractivity (Wildman–Crippen MR) is 43.2 cm³/mol. The van der Waals surface area contributed by atoms with Crippen LogP contribution < -0.4 is 5.73 Å². The third-order valence-electron chi connectivity index (χ3n) is 1.55. The zero-order valence-electron chi connectivity index (χ0n) is 7.09. The van der Waals surface area contributed by atoms with Crippen molar-refractivity contribution >= 4 is 11.6 Å². The number of carbonyl (C=O) groups is 2. The summed E-state index contributed by atoms with van der Waals surface area (Å²) in [5.41, 5.74) is 5.30. The Morgan fingerprint density at radius 1 is 1.36 bits per heavy atom. The highest BCUT2D eigenvalue weighted by atomic mass is 16.1. The first-order valence-electron chi connectivity index (χ1n) is 3.88. The van der Waals surface area contributed by atoms with Crippen molar-refractivity contribution in [2.75, 3.05) is 0 Å². The summed E-state index contributed by atoms with van der Waals surface area (Å²) in [5, 5.41) is 0. The number of Topliss-reactive ketones (excluding diaryl/α,β-unsaturated/α-hetero) is 2. The third kappa shape index (κ3) is 4.67. The maximum absolute atomic E-state index is 10.9. The first-order valence-corrected chi connectivity index (χ1v) is 3.88. The smallest absolute Gasteiger partial charge is 0.149 e. The van der Waals surface area contributed by atoms with E-state index in [1.807, 2.05) is 0 Å². The van der Waals surface area contributed by atoms with Gasteiger partial charge in [-0.05, 0) is 6.92 Å². The van der Waals surface area contributed by atoms with Gasteiger partial charge in [-0.3, -0.25) is 9.59 Å². The SMILES string of the molecule is CCC(=O)CCC(=O)[C@H](C)N. The quantitative estimate of drug-likeness (QED) is 0.637. The summed E-state index contributed by atoms with van der Waals surface area (Å²) in [6.45, 7) is 3.43. The van der Waals surface area contributed by atoms with Crippen molar-refractivity contribution < 1.29 is 9.59 Å². The van der Waals surface area contributed by atoms with Gasteiger partial charge < -0.3 is 5.73 Å². The molecular weight excluding hydrogens is 142 g/mol. The zero-order valence-corrected chi connectivity index (χ0v) is 7.09. The van der Waals surface area contributed by atoms with Crippen LogP contribution in [0.3, 0.4) is 0 Å². The lowest BCUT2D eigenvalue weighted by molar-refractivity contribution is -0.124. The van der Waals surface area contributed by atoms with Gasteiger partial charge in [-0.25, -0.2) is 0 Å². The molecular formula is C8H15NO2. The second-order valence-corrected chi connectivity index (χ2v) is 2.65. The molecule has 0 aromatic heterocycles. The molecule has 0 spiro atoms. The van der Waals surface area contributed by atoms with Gasteiger partial charge in [0, 0.05) is 19.3 Å². The van der Waals surface area contributed by atoms with E-state index in [0.29, 0.717) is 19.3 Å².